The van der Waals surface area contributed by atoms with Crippen molar-refractivity contribution in [1.82, 2.24) is 14.9 Å². The summed E-state index contributed by atoms with van der Waals surface area (Å²) in [4.78, 5) is 17.2. The van der Waals surface area contributed by atoms with Crippen LogP contribution < -0.4 is 10.1 Å². The molecule has 0 fully saturated rings. The van der Waals surface area contributed by atoms with Crippen molar-refractivity contribution in [2.75, 3.05) is 13.7 Å². The highest BCUT2D eigenvalue weighted by Crippen LogP contribution is 2.30. The molecule has 2 aromatic heterocycles. The fraction of sp³-hybridized carbons (Fsp3) is 0.217. The van der Waals surface area contributed by atoms with E-state index in [1.807, 2.05) is 41.8 Å². The van der Waals surface area contributed by atoms with E-state index in [-0.39, 0.29) is 5.91 Å². The third-order valence-corrected chi connectivity index (χ3v) is 5.82. The Labute approximate surface area is 174 Å². The van der Waals surface area contributed by atoms with Gasteiger partial charge < -0.3 is 14.6 Å². The smallest absolute Gasteiger partial charge is 0.270 e. The summed E-state index contributed by atoms with van der Waals surface area (Å²) in [6.45, 7) is 3.50. The summed E-state index contributed by atoms with van der Waals surface area (Å²) in [6.07, 6.45) is 0.705. The van der Waals surface area contributed by atoms with Gasteiger partial charge in [0.15, 0.2) is 0 Å². The van der Waals surface area contributed by atoms with E-state index in [9.17, 15) is 4.79 Å². The summed E-state index contributed by atoms with van der Waals surface area (Å²) in [7, 11) is 1.66. The average Bonchev–Trinajstić information content (AvgIpc) is 3.38. The van der Waals surface area contributed by atoms with Crippen LogP contribution >= 0.6 is 11.3 Å². The topological polar surface area (TPSA) is 56.2 Å². The summed E-state index contributed by atoms with van der Waals surface area (Å²) in [5, 5.41) is 6.83. The molecule has 2 heterocycles. The van der Waals surface area contributed by atoms with Crippen LogP contribution in [0.1, 0.15) is 23.0 Å². The summed E-state index contributed by atoms with van der Waals surface area (Å²) in [6, 6.07) is 18.3. The quantitative estimate of drug-likeness (QED) is 0.482. The highest BCUT2D eigenvalue weighted by atomic mass is 32.1. The molecule has 148 valence electrons. The molecular weight excluding hydrogens is 382 g/mol. The van der Waals surface area contributed by atoms with Crippen molar-refractivity contribution in [3.05, 3.63) is 71.2 Å². The Morgan fingerprint density at radius 1 is 1.17 bits per heavy atom. The first-order chi connectivity index (χ1) is 14.2. The number of fused-ring (bicyclic) bond motifs is 1. The van der Waals surface area contributed by atoms with Crippen molar-refractivity contribution in [2.24, 2.45) is 0 Å². The number of amides is 1. The zero-order chi connectivity index (χ0) is 20.2. The van der Waals surface area contributed by atoms with Gasteiger partial charge in [-0.05, 0) is 37.1 Å². The van der Waals surface area contributed by atoms with Crippen LogP contribution in [0.2, 0.25) is 0 Å². The van der Waals surface area contributed by atoms with Crippen molar-refractivity contribution in [3.8, 4) is 16.5 Å². The highest BCUT2D eigenvalue weighted by molar-refractivity contribution is 7.13. The number of nitrogens with one attached hydrogen (secondary N) is 1. The molecule has 2 aromatic carbocycles. The van der Waals surface area contributed by atoms with E-state index >= 15 is 0 Å². The lowest BCUT2D eigenvalue weighted by Crippen LogP contribution is -2.26. The number of hydrogen-bond donors (Lipinski definition) is 1. The van der Waals surface area contributed by atoms with Gasteiger partial charge in [-0.15, -0.1) is 11.3 Å². The molecule has 29 heavy (non-hydrogen) atoms. The van der Waals surface area contributed by atoms with Gasteiger partial charge in [-0.25, -0.2) is 4.98 Å². The summed E-state index contributed by atoms with van der Waals surface area (Å²) < 4.78 is 7.59. The number of aromatic nitrogens is 2. The summed E-state index contributed by atoms with van der Waals surface area (Å²) in [5.41, 5.74) is 3.76. The molecule has 0 bridgehead atoms. The molecule has 0 aliphatic heterocycles. The molecule has 5 nitrogen and oxygen atoms in total. The Morgan fingerprint density at radius 2 is 1.97 bits per heavy atom. The number of carbonyl (C=O) groups excluding carboxylic acids is 1. The first-order valence-corrected chi connectivity index (χ1v) is 10.5. The summed E-state index contributed by atoms with van der Waals surface area (Å²) >= 11 is 1.50. The van der Waals surface area contributed by atoms with Crippen LogP contribution in [-0.4, -0.2) is 29.1 Å². The average molecular weight is 406 g/mol. The van der Waals surface area contributed by atoms with Gasteiger partial charge in [0, 0.05) is 29.4 Å². The number of ether oxygens (including phenoxy) is 1. The molecule has 0 atom stereocenters. The third-order valence-electron chi connectivity index (χ3n) is 4.96. The predicted molar refractivity (Wildman–Crippen MR) is 118 cm³/mol. The van der Waals surface area contributed by atoms with Crippen LogP contribution in [0.25, 0.3) is 21.6 Å². The molecule has 0 aliphatic carbocycles. The number of nitrogens with zero attached hydrogens (tertiary/aromatic N) is 2. The number of aryl methyl sites for hydroxylation is 1. The molecule has 0 spiro atoms. The van der Waals surface area contributed by atoms with Gasteiger partial charge in [0.25, 0.3) is 5.91 Å². The molecule has 1 N–H and O–H groups in total. The van der Waals surface area contributed by atoms with Crippen LogP contribution in [0.4, 0.5) is 0 Å². The lowest BCUT2D eigenvalue weighted by molar-refractivity contribution is 0.0950. The van der Waals surface area contributed by atoms with E-state index in [4.69, 9.17) is 4.74 Å². The SMILES string of the molecule is CCn1c(-c2nc(C(=O)NCCc3ccccc3OC)cs2)cc2ccccc21. The van der Waals surface area contributed by atoms with Crippen LogP contribution in [0.3, 0.4) is 0 Å². The molecule has 0 radical (unpaired) electrons. The molecule has 4 aromatic rings. The Bertz CT molecular complexity index is 1150. The molecule has 0 saturated carbocycles. The Morgan fingerprint density at radius 3 is 2.79 bits per heavy atom. The van der Waals surface area contributed by atoms with Gasteiger partial charge in [-0.3, -0.25) is 4.79 Å². The van der Waals surface area contributed by atoms with Crippen molar-refractivity contribution in [1.29, 1.82) is 0 Å². The normalized spacial score (nSPS) is 11.0. The second kappa shape index (κ2) is 8.49. The second-order valence-corrected chi connectivity index (χ2v) is 7.55. The van der Waals surface area contributed by atoms with Gasteiger partial charge in [-0.2, -0.15) is 0 Å². The van der Waals surface area contributed by atoms with Gasteiger partial charge in [0.1, 0.15) is 16.5 Å². The molecule has 6 heteroatoms. The molecule has 0 aliphatic rings. The predicted octanol–water partition coefficient (Wildman–Crippen LogP) is 4.77. The van der Waals surface area contributed by atoms with E-state index in [1.54, 1.807) is 7.11 Å². The number of benzene rings is 2. The third kappa shape index (κ3) is 3.89. The second-order valence-electron chi connectivity index (χ2n) is 6.69. The fourth-order valence-corrected chi connectivity index (χ4v) is 4.36. The zero-order valence-corrected chi connectivity index (χ0v) is 17.3. The molecule has 1 amide bonds. The van der Waals surface area contributed by atoms with Gasteiger partial charge in [-0.1, -0.05) is 36.4 Å². The van der Waals surface area contributed by atoms with Crippen molar-refractivity contribution >= 4 is 28.1 Å². The van der Waals surface area contributed by atoms with E-state index in [0.29, 0.717) is 18.7 Å². The van der Waals surface area contributed by atoms with Crippen molar-refractivity contribution in [3.63, 3.8) is 0 Å². The largest absolute Gasteiger partial charge is 0.496 e. The van der Waals surface area contributed by atoms with Gasteiger partial charge >= 0.3 is 0 Å². The minimum atomic E-state index is -0.151. The van der Waals surface area contributed by atoms with Gasteiger partial charge in [0.2, 0.25) is 0 Å². The summed E-state index contributed by atoms with van der Waals surface area (Å²) in [5.74, 6) is 0.687. The van der Waals surface area contributed by atoms with Crippen molar-refractivity contribution < 1.29 is 9.53 Å². The zero-order valence-electron chi connectivity index (χ0n) is 16.5. The lowest BCUT2D eigenvalue weighted by Gasteiger charge is -2.08. The number of rotatable bonds is 7. The number of thiazole rings is 1. The number of hydrogen-bond acceptors (Lipinski definition) is 4. The number of para-hydroxylation sites is 2. The maximum atomic E-state index is 12.6. The molecule has 0 unspecified atom stereocenters. The lowest BCUT2D eigenvalue weighted by atomic mass is 10.1. The van der Waals surface area contributed by atoms with E-state index in [1.165, 1.54) is 22.2 Å². The van der Waals surface area contributed by atoms with E-state index < -0.39 is 0 Å². The minimum Gasteiger partial charge on any atom is -0.496 e. The Kier molecular flexibility index (Phi) is 5.62. The molecular formula is C23H23N3O2S. The van der Waals surface area contributed by atoms with E-state index in [0.717, 1.165) is 28.6 Å². The first-order valence-electron chi connectivity index (χ1n) is 9.65. The first kappa shape index (κ1) is 19.2. The maximum Gasteiger partial charge on any atom is 0.270 e. The Hall–Kier alpha value is -3.12. The van der Waals surface area contributed by atoms with Crippen LogP contribution in [0, 0.1) is 0 Å². The van der Waals surface area contributed by atoms with Gasteiger partial charge in [0.05, 0.1) is 12.8 Å². The minimum absolute atomic E-state index is 0.151. The maximum absolute atomic E-state index is 12.6. The highest BCUT2D eigenvalue weighted by Gasteiger charge is 2.16. The number of carbonyl (C=O) groups is 1. The van der Waals surface area contributed by atoms with E-state index in [2.05, 4.69) is 40.0 Å². The Balaban J connectivity index is 1.47. The fourth-order valence-electron chi connectivity index (χ4n) is 3.53. The van der Waals surface area contributed by atoms with Crippen LogP contribution in [-0.2, 0) is 13.0 Å². The van der Waals surface area contributed by atoms with Crippen LogP contribution in [0.15, 0.2) is 60.0 Å². The van der Waals surface area contributed by atoms with Crippen molar-refractivity contribution in [2.45, 2.75) is 19.9 Å². The standard InChI is InChI=1S/C23H23N3O2S/c1-3-26-19-10-6-4-9-17(19)14-20(26)23-25-18(15-29-23)22(27)24-13-12-16-8-5-7-11-21(16)28-2/h4-11,14-15H,3,12-13H2,1-2H3,(H,24,27). The molecule has 4 rings (SSSR count). The molecule has 0 saturated heterocycles. The monoisotopic (exact) mass is 405 g/mol. The van der Waals surface area contributed by atoms with Crippen LogP contribution in [0.5, 0.6) is 5.75 Å². The number of methoxy groups -OCH3 is 1.